The molecule has 0 amide bonds. The molecule has 0 saturated heterocycles. The number of rotatable bonds is 3. The topological polar surface area (TPSA) is 47.0 Å². The minimum Gasteiger partial charge on any atom is -0.244 e. The van der Waals surface area contributed by atoms with E-state index < -0.39 is 9.84 Å². The summed E-state index contributed by atoms with van der Waals surface area (Å²) in [6.07, 6.45) is 1.58. The summed E-state index contributed by atoms with van der Waals surface area (Å²) in [4.78, 5) is 4.01. The Balaban J connectivity index is 2.36. The van der Waals surface area contributed by atoms with Gasteiger partial charge in [0.25, 0.3) is 0 Å². The zero-order chi connectivity index (χ0) is 14.0. The molecule has 4 heteroatoms. The van der Waals surface area contributed by atoms with Gasteiger partial charge >= 0.3 is 0 Å². The SMILES string of the molecule is Cc1ccc(S(=O)(=O)Cc2cc(C)ccc2C)nc1. The number of hydrogen-bond acceptors (Lipinski definition) is 3. The van der Waals surface area contributed by atoms with Crippen LogP contribution in [0, 0.1) is 20.8 Å². The molecule has 1 aromatic carbocycles. The van der Waals surface area contributed by atoms with Crippen LogP contribution in [-0.4, -0.2) is 13.4 Å². The summed E-state index contributed by atoms with van der Waals surface area (Å²) in [6, 6.07) is 9.18. The van der Waals surface area contributed by atoms with Crippen molar-refractivity contribution >= 4 is 9.84 Å². The minimum atomic E-state index is -3.38. The van der Waals surface area contributed by atoms with E-state index in [9.17, 15) is 8.42 Å². The van der Waals surface area contributed by atoms with Crippen LogP contribution in [0.3, 0.4) is 0 Å². The van der Waals surface area contributed by atoms with E-state index in [2.05, 4.69) is 4.98 Å². The van der Waals surface area contributed by atoms with Crippen LogP contribution in [0.25, 0.3) is 0 Å². The number of aromatic nitrogens is 1. The second-order valence-electron chi connectivity index (χ2n) is 4.86. The van der Waals surface area contributed by atoms with Crippen LogP contribution in [0.15, 0.2) is 41.6 Å². The lowest BCUT2D eigenvalue weighted by Gasteiger charge is -2.08. The van der Waals surface area contributed by atoms with Gasteiger partial charge in [0.2, 0.25) is 0 Å². The van der Waals surface area contributed by atoms with Gasteiger partial charge in [-0.1, -0.05) is 29.8 Å². The van der Waals surface area contributed by atoms with Crippen molar-refractivity contribution in [1.82, 2.24) is 4.98 Å². The van der Waals surface area contributed by atoms with Crippen LogP contribution in [0.1, 0.15) is 22.3 Å². The summed E-state index contributed by atoms with van der Waals surface area (Å²) < 4.78 is 24.6. The van der Waals surface area contributed by atoms with Crippen LogP contribution in [-0.2, 0) is 15.6 Å². The first-order valence-electron chi connectivity index (χ1n) is 6.10. The molecular formula is C15H17NO2S. The first-order chi connectivity index (χ1) is 8.88. The Bertz CT molecular complexity index is 689. The van der Waals surface area contributed by atoms with Gasteiger partial charge in [-0.25, -0.2) is 13.4 Å². The molecule has 0 N–H and O–H groups in total. The van der Waals surface area contributed by atoms with E-state index in [4.69, 9.17) is 0 Å². The average molecular weight is 275 g/mol. The zero-order valence-corrected chi connectivity index (χ0v) is 12.2. The van der Waals surface area contributed by atoms with E-state index >= 15 is 0 Å². The van der Waals surface area contributed by atoms with Gasteiger partial charge in [-0.15, -0.1) is 0 Å². The fourth-order valence-electron chi connectivity index (χ4n) is 1.87. The molecule has 1 heterocycles. The molecule has 2 aromatic rings. The van der Waals surface area contributed by atoms with Crippen molar-refractivity contribution in [3.8, 4) is 0 Å². The highest BCUT2D eigenvalue weighted by molar-refractivity contribution is 7.90. The van der Waals surface area contributed by atoms with Crippen molar-refractivity contribution in [1.29, 1.82) is 0 Å². The maximum Gasteiger partial charge on any atom is 0.199 e. The molecule has 0 saturated carbocycles. The summed E-state index contributed by atoms with van der Waals surface area (Å²) >= 11 is 0. The van der Waals surface area contributed by atoms with Gasteiger partial charge in [-0.05, 0) is 43.5 Å². The Hall–Kier alpha value is -1.68. The molecule has 0 spiro atoms. The maximum absolute atomic E-state index is 12.3. The van der Waals surface area contributed by atoms with Crippen LogP contribution in [0.2, 0.25) is 0 Å². The largest absolute Gasteiger partial charge is 0.244 e. The number of sulfone groups is 1. The number of pyridine rings is 1. The third kappa shape index (κ3) is 3.20. The van der Waals surface area contributed by atoms with E-state index in [1.54, 1.807) is 18.3 Å². The average Bonchev–Trinajstić information content (AvgIpc) is 2.34. The van der Waals surface area contributed by atoms with Gasteiger partial charge in [-0.3, -0.25) is 0 Å². The zero-order valence-electron chi connectivity index (χ0n) is 11.3. The summed E-state index contributed by atoms with van der Waals surface area (Å²) in [5.41, 5.74) is 3.84. The highest BCUT2D eigenvalue weighted by Gasteiger charge is 2.17. The Kier molecular flexibility index (Phi) is 3.71. The maximum atomic E-state index is 12.3. The third-order valence-electron chi connectivity index (χ3n) is 3.05. The first-order valence-corrected chi connectivity index (χ1v) is 7.75. The van der Waals surface area contributed by atoms with Gasteiger partial charge in [0, 0.05) is 6.20 Å². The second-order valence-corrected chi connectivity index (χ2v) is 6.80. The Labute approximate surface area is 114 Å². The van der Waals surface area contributed by atoms with Gasteiger partial charge < -0.3 is 0 Å². The Morgan fingerprint density at radius 3 is 2.32 bits per heavy atom. The molecule has 0 aliphatic carbocycles. The van der Waals surface area contributed by atoms with E-state index in [1.165, 1.54) is 0 Å². The van der Waals surface area contributed by atoms with Crippen molar-refractivity contribution in [3.63, 3.8) is 0 Å². The molecule has 3 nitrogen and oxygen atoms in total. The fourth-order valence-corrected chi connectivity index (χ4v) is 3.23. The van der Waals surface area contributed by atoms with Crippen LogP contribution >= 0.6 is 0 Å². The Morgan fingerprint density at radius 1 is 1.00 bits per heavy atom. The molecule has 0 radical (unpaired) electrons. The summed E-state index contributed by atoms with van der Waals surface area (Å²) in [5.74, 6) is -0.00340. The normalized spacial score (nSPS) is 11.5. The predicted molar refractivity (Wildman–Crippen MR) is 75.8 cm³/mol. The van der Waals surface area contributed by atoms with E-state index in [0.717, 1.165) is 22.3 Å². The fraction of sp³-hybridized carbons (Fsp3) is 0.267. The van der Waals surface area contributed by atoms with Crippen molar-refractivity contribution in [2.24, 2.45) is 0 Å². The van der Waals surface area contributed by atoms with Gasteiger partial charge in [-0.2, -0.15) is 0 Å². The standard InChI is InChI=1S/C15H17NO2S/c1-11-4-6-13(3)14(8-11)10-19(17,18)15-7-5-12(2)9-16-15/h4-9H,10H2,1-3H3. The summed E-state index contributed by atoms with van der Waals surface area (Å²) in [5, 5.41) is 0.138. The highest BCUT2D eigenvalue weighted by Crippen LogP contribution is 2.18. The molecule has 0 unspecified atom stereocenters. The molecule has 2 rings (SSSR count). The minimum absolute atomic E-state index is 0.00340. The Morgan fingerprint density at radius 2 is 1.68 bits per heavy atom. The third-order valence-corrected chi connectivity index (χ3v) is 4.62. The lowest BCUT2D eigenvalue weighted by molar-refractivity contribution is 0.591. The molecule has 0 aliphatic rings. The lowest BCUT2D eigenvalue weighted by atomic mass is 10.1. The molecule has 0 fully saturated rings. The quantitative estimate of drug-likeness (QED) is 0.865. The molecule has 19 heavy (non-hydrogen) atoms. The van der Waals surface area contributed by atoms with Crippen molar-refractivity contribution in [2.75, 3.05) is 0 Å². The first kappa shape index (κ1) is 13.7. The van der Waals surface area contributed by atoms with Gasteiger partial charge in [0.05, 0.1) is 5.75 Å². The number of aryl methyl sites for hydroxylation is 3. The number of hydrogen-bond donors (Lipinski definition) is 0. The van der Waals surface area contributed by atoms with Gasteiger partial charge in [0.15, 0.2) is 14.9 Å². The smallest absolute Gasteiger partial charge is 0.199 e. The molecule has 0 atom stereocenters. The molecule has 0 bridgehead atoms. The summed E-state index contributed by atoms with van der Waals surface area (Å²) in [7, 11) is -3.38. The monoisotopic (exact) mass is 275 g/mol. The molecule has 1 aromatic heterocycles. The molecule has 100 valence electrons. The second kappa shape index (κ2) is 5.13. The van der Waals surface area contributed by atoms with Crippen LogP contribution in [0.5, 0.6) is 0 Å². The predicted octanol–water partition coefficient (Wildman–Crippen LogP) is 2.98. The van der Waals surface area contributed by atoms with Gasteiger partial charge in [0.1, 0.15) is 0 Å². The van der Waals surface area contributed by atoms with E-state index in [0.29, 0.717) is 0 Å². The van der Waals surface area contributed by atoms with Crippen molar-refractivity contribution in [3.05, 3.63) is 58.8 Å². The highest BCUT2D eigenvalue weighted by atomic mass is 32.2. The summed E-state index contributed by atoms with van der Waals surface area (Å²) in [6.45, 7) is 5.76. The lowest BCUT2D eigenvalue weighted by Crippen LogP contribution is -2.08. The van der Waals surface area contributed by atoms with Crippen molar-refractivity contribution < 1.29 is 8.42 Å². The van der Waals surface area contributed by atoms with Crippen LogP contribution < -0.4 is 0 Å². The van der Waals surface area contributed by atoms with E-state index in [1.807, 2.05) is 39.0 Å². The van der Waals surface area contributed by atoms with E-state index in [-0.39, 0.29) is 10.8 Å². The molecule has 0 aliphatic heterocycles. The molecular weight excluding hydrogens is 258 g/mol. The number of nitrogens with zero attached hydrogens (tertiary/aromatic N) is 1. The van der Waals surface area contributed by atoms with Crippen LogP contribution in [0.4, 0.5) is 0 Å². The number of benzene rings is 1. The van der Waals surface area contributed by atoms with Crippen molar-refractivity contribution in [2.45, 2.75) is 31.6 Å².